The second-order valence-electron chi connectivity index (χ2n) is 3.76. The number of rotatable bonds is 6. The van der Waals surface area contributed by atoms with E-state index in [0.717, 1.165) is 0 Å². The maximum atomic E-state index is 12.0. The van der Waals surface area contributed by atoms with Crippen molar-refractivity contribution < 1.29 is 28.2 Å². The Labute approximate surface area is 102 Å². The molecule has 0 fully saturated rings. The van der Waals surface area contributed by atoms with Gasteiger partial charge in [-0.25, -0.2) is 0 Å². The first-order valence-electron chi connectivity index (χ1n) is 5.16. The minimum absolute atomic E-state index is 0.0109. The quantitative estimate of drug-likeness (QED) is 0.848. The van der Waals surface area contributed by atoms with E-state index in [-0.39, 0.29) is 24.4 Å². The Morgan fingerprint density at radius 3 is 2.44 bits per heavy atom. The summed E-state index contributed by atoms with van der Waals surface area (Å²) in [7, 11) is 0. The highest BCUT2D eigenvalue weighted by atomic mass is 19.3. The Morgan fingerprint density at radius 1 is 1.28 bits per heavy atom. The zero-order valence-electron chi connectivity index (χ0n) is 9.65. The molecule has 0 atom stereocenters. The van der Waals surface area contributed by atoms with Crippen molar-refractivity contribution in [3.63, 3.8) is 0 Å². The number of ketones is 1. The Hall–Kier alpha value is -1.98. The van der Waals surface area contributed by atoms with E-state index in [2.05, 4.69) is 4.74 Å². The smallest absolute Gasteiger partial charge is 0.387 e. The largest absolute Gasteiger partial charge is 0.481 e. The predicted octanol–water partition coefficient (Wildman–Crippen LogP) is 2.05. The maximum absolute atomic E-state index is 12.0. The molecule has 0 radical (unpaired) electrons. The third kappa shape index (κ3) is 4.48. The molecule has 0 aliphatic heterocycles. The van der Waals surface area contributed by atoms with Gasteiger partial charge in [-0.2, -0.15) is 8.78 Å². The molecule has 0 spiro atoms. The minimum Gasteiger partial charge on any atom is -0.481 e. The Balaban J connectivity index is 3.03. The summed E-state index contributed by atoms with van der Waals surface area (Å²) in [6, 6.07) is 3.91. The van der Waals surface area contributed by atoms with E-state index >= 15 is 0 Å². The molecule has 1 rings (SSSR count). The van der Waals surface area contributed by atoms with Crippen LogP contribution in [0.15, 0.2) is 18.2 Å². The Kier molecular flexibility index (Phi) is 4.76. The lowest BCUT2D eigenvalue weighted by Gasteiger charge is -2.10. The van der Waals surface area contributed by atoms with Gasteiger partial charge in [-0.15, -0.1) is 0 Å². The van der Waals surface area contributed by atoms with Crippen molar-refractivity contribution in [2.75, 3.05) is 0 Å². The number of hydrogen-bond acceptors (Lipinski definition) is 3. The number of halogens is 2. The number of aliphatic carboxylic acids is 1. The summed E-state index contributed by atoms with van der Waals surface area (Å²) < 4.78 is 28.3. The van der Waals surface area contributed by atoms with Crippen LogP contribution >= 0.6 is 0 Å². The van der Waals surface area contributed by atoms with E-state index in [1.807, 2.05) is 0 Å². The fraction of sp³-hybridized carbons (Fsp3) is 0.333. The second kappa shape index (κ2) is 6.09. The van der Waals surface area contributed by atoms with Crippen LogP contribution in [0.5, 0.6) is 5.75 Å². The molecule has 0 heterocycles. The van der Waals surface area contributed by atoms with Crippen molar-refractivity contribution in [3.8, 4) is 5.75 Å². The van der Waals surface area contributed by atoms with Crippen LogP contribution in [-0.2, 0) is 22.4 Å². The molecule has 0 bridgehead atoms. The summed E-state index contributed by atoms with van der Waals surface area (Å²) in [5.74, 6) is -1.33. The highest BCUT2D eigenvalue weighted by Gasteiger charge is 2.12. The number of hydrogen-bond donors (Lipinski definition) is 1. The Bertz CT molecular complexity index is 457. The number of carboxylic acid groups (broad SMARTS) is 1. The van der Waals surface area contributed by atoms with E-state index < -0.39 is 12.6 Å². The van der Waals surface area contributed by atoms with Crippen LogP contribution in [0.3, 0.4) is 0 Å². The highest BCUT2D eigenvalue weighted by Crippen LogP contribution is 2.21. The molecule has 4 nitrogen and oxygen atoms in total. The molecular weight excluding hydrogens is 246 g/mol. The van der Waals surface area contributed by atoms with Gasteiger partial charge in [0.25, 0.3) is 0 Å². The topological polar surface area (TPSA) is 63.6 Å². The van der Waals surface area contributed by atoms with Crippen molar-refractivity contribution in [2.24, 2.45) is 0 Å². The lowest BCUT2D eigenvalue weighted by Crippen LogP contribution is -2.08. The summed E-state index contributed by atoms with van der Waals surface area (Å²) in [5.41, 5.74) is 0.808. The minimum atomic E-state index is -2.96. The zero-order chi connectivity index (χ0) is 13.7. The fourth-order valence-corrected chi connectivity index (χ4v) is 1.55. The first kappa shape index (κ1) is 14.1. The average Bonchev–Trinajstić information content (AvgIpc) is 2.19. The van der Waals surface area contributed by atoms with Crippen LogP contribution in [0, 0.1) is 0 Å². The molecule has 0 amide bonds. The van der Waals surface area contributed by atoms with Crippen molar-refractivity contribution in [2.45, 2.75) is 26.4 Å². The summed E-state index contributed by atoms with van der Waals surface area (Å²) >= 11 is 0. The van der Waals surface area contributed by atoms with Crippen LogP contribution < -0.4 is 4.74 Å². The number of carboxylic acids is 1. The molecule has 1 aromatic rings. The highest BCUT2D eigenvalue weighted by molar-refractivity contribution is 5.79. The van der Waals surface area contributed by atoms with Gasteiger partial charge in [-0.1, -0.05) is 6.07 Å². The standard InChI is InChI=1S/C12H12F2O4/c1-7(15)4-9-5-10(18-12(13)14)3-2-8(9)6-11(16)17/h2-3,5,12H,4,6H2,1H3,(H,16,17). The lowest BCUT2D eigenvalue weighted by molar-refractivity contribution is -0.136. The molecule has 0 unspecified atom stereocenters. The van der Waals surface area contributed by atoms with Crippen molar-refractivity contribution in [1.82, 2.24) is 0 Å². The second-order valence-corrected chi connectivity index (χ2v) is 3.76. The van der Waals surface area contributed by atoms with E-state index in [0.29, 0.717) is 11.1 Å². The number of Topliss-reactive ketones (excluding diaryl/α,β-unsaturated/α-hetero) is 1. The molecule has 98 valence electrons. The fourth-order valence-electron chi connectivity index (χ4n) is 1.55. The van der Waals surface area contributed by atoms with Crippen LogP contribution in [0.25, 0.3) is 0 Å². The van der Waals surface area contributed by atoms with Crippen molar-refractivity contribution in [3.05, 3.63) is 29.3 Å². The van der Waals surface area contributed by atoms with E-state index in [9.17, 15) is 18.4 Å². The first-order valence-corrected chi connectivity index (χ1v) is 5.16. The normalized spacial score (nSPS) is 10.4. The average molecular weight is 258 g/mol. The monoisotopic (exact) mass is 258 g/mol. The molecule has 0 saturated heterocycles. The Morgan fingerprint density at radius 2 is 1.94 bits per heavy atom. The molecular formula is C12H12F2O4. The predicted molar refractivity (Wildman–Crippen MR) is 58.8 cm³/mol. The van der Waals surface area contributed by atoms with Gasteiger partial charge in [0, 0.05) is 6.42 Å². The third-order valence-corrected chi connectivity index (χ3v) is 2.18. The molecule has 0 aliphatic rings. The summed E-state index contributed by atoms with van der Waals surface area (Å²) in [6.07, 6.45) is -0.277. The molecule has 18 heavy (non-hydrogen) atoms. The number of benzene rings is 1. The van der Waals surface area contributed by atoms with Gasteiger partial charge in [0.05, 0.1) is 6.42 Å². The van der Waals surface area contributed by atoms with Gasteiger partial charge < -0.3 is 9.84 Å². The lowest BCUT2D eigenvalue weighted by atomic mass is 10.00. The summed E-state index contributed by atoms with van der Waals surface area (Å²) in [6.45, 7) is -1.62. The van der Waals surface area contributed by atoms with Gasteiger partial charge in [0.1, 0.15) is 11.5 Å². The van der Waals surface area contributed by atoms with Crippen LogP contribution in [0.4, 0.5) is 8.78 Å². The number of alkyl halides is 2. The summed E-state index contributed by atoms with van der Waals surface area (Å²) in [4.78, 5) is 21.7. The van der Waals surface area contributed by atoms with Gasteiger partial charge in [0.15, 0.2) is 0 Å². The van der Waals surface area contributed by atoms with E-state index in [4.69, 9.17) is 5.11 Å². The molecule has 0 saturated carbocycles. The van der Waals surface area contributed by atoms with Crippen LogP contribution in [-0.4, -0.2) is 23.5 Å². The third-order valence-electron chi connectivity index (χ3n) is 2.18. The van der Waals surface area contributed by atoms with Crippen LogP contribution in [0.2, 0.25) is 0 Å². The van der Waals surface area contributed by atoms with Crippen molar-refractivity contribution in [1.29, 1.82) is 0 Å². The van der Waals surface area contributed by atoms with Gasteiger partial charge in [0.2, 0.25) is 0 Å². The molecule has 0 aliphatic carbocycles. The number of ether oxygens (including phenoxy) is 1. The van der Waals surface area contributed by atoms with E-state index in [1.54, 1.807) is 0 Å². The number of carbonyl (C=O) groups excluding carboxylic acids is 1. The zero-order valence-corrected chi connectivity index (χ0v) is 9.65. The molecule has 0 aromatic heterocycles. The van der Waals surface area contributed by atoms with Gasteiger partial charge in [-0.3, -0.25) is 9.59 Å². The molecule has 1 aromatic carbocycles. The SMILES string of the molecule is CC(=O)Cc1cc(OC(F)F)ccc1CC(=O)O. The summed E-state index contributed by atoms with van der Waals surface area (Å²) in [5, 5.41) is 8.70. The first-order chi connectivity index (χ1) is 8.38. The molecule has 1 N–H and O–H groups in total. The number of carbonyl (C=O) groups is 2. The van der Waals surface area contributed by atoms with Crippen LogP contribution in [0.1, 0.15) is 18.1 Å². The van der Waals surface area contributed by atoms with Gasteiger partial charge >= 0.3 is 12.6 Å². The maximum Gasteiger partial charge on any atom is 0.387 e. The van der Waals surface area contributed by atoms with E-state index in [1.165, 1.54) is 25.1 Å². The molecule has 6 heteroatoms. The van der Waals surface area contributed by atoms with Gasteiger partial charge in [-0.05, 0) is 30.2 Å². The van der Waals surface area contributed by atoms with Crippen molar-refractivity contribution >= 4 is 11.8 Å².